The van der Waals surface area contributed by atoms with Crippen molar-refractivity contribution in [2.45, 2.75) is 17.7 Å². The maximum absolute atomic E-state index is 12.9. The van der Waals surface area contributed by atoms with E-state index in [1.165, 1.54) is 4.31 Å². The molecule has 0 saturated carbocycles. The highest BCUT2D eigenvalue weighted by atomic mass is 79.9. The van der Waals surface area contributed by atoms with Crippen LogP contribution in [-0.4, -0.2) is 62.9 Å². The maximum atomic E-state index is 12.9. The minimum Gasteiger partial charge on any atom is -0.378 e. The zero-order valence-corrected chi connectivity index (χ0v) is 17.6. The number of rotatable bonds is 3. The number of piperidine rings is 1. The lowest BCUT2D eigenvalue weighted by Gasteiger charge is -2.35. The summed E-state index contributed by atoms with van der Waals surface area (Å²) >= 11 is 6.64. The minimum absolute atomic E-state index is 0.101. The number of carbonyl (C=O) groups is 1. The molecule has 2 aliphatic rings. The van der Waals surface area contributed by atoms with Gasteiger partial charge < -0.3 is 9.64 Å². The smallest absolute Gasteiger partial charge is 0.244 e. The van der Waals surface area contributed by atoms with Crippen LogP contribution in [-0.2, 0) is 19.6 Å². The zero-order chi connectivity index (χ0) is 18.0. The molecule has 0 bridgehead atoms. The fraction of sp³-hybridized carbons (Fsp3) is 0.562. The lowest BCUT2D eigenvalue weighted by atomic mass is 9.96. The van der Waals surface area contributed by atoms with E-state index in [-0.39, 0.29) is 16.7 Å². The van der Waals surface area contributed by atoms with Crippen molar-refractivity contribution in [2.24, 2.45) is 5.92 Å². The molecule has 1 aromatic rings. The second-order valence-corrected chi connectivity index (χ2v) is 9.87. The van der Waals surface area contributed by atoms with Gasteiger partial charge >= 0.3 is 0 Å². The van der Waals surface area contributed by atoms with Crippen LogP contribution in [0.4, 0.5) is 0 Å². The molecule has 1 amide bonds. The van der Waals surface area contributed by atoms with Crippen LogP contribution in [0.2, 0.25) is 0 Å². The molecule has 9 heteroatoms. The quantitative estimate of drug-likeness (QED) is 0.646. The number of morpholine rings is 1. The van der Waals surface area contributed by atoms with Crippen molar-refractivity contribution < 1.29 is 17.9 Å². The highest BCUT2D eigenvalue weighted by Gasteiger charge is 2.34. The molecule has 2 fully saturated rings. The number of ether oxygens (including phenoxy) is 1. The first-order valence-electron chi connectivity index (χ1n) is 8.21. The molecule has 6 nitrogen and oxygen atoms in total. The molecule has 2 aliphatic heterocycles. The second kappa shape index (κ2) is 8.04. The van der Waals surface area contributed by atoms with Crippen LogP contribution in [0, 0.1) is 5.92 Å². The molecule has 0 spiro atoms. The highest BCUT2D eigenvalue weighted by molar-refractivity contribution is 9.11. The van der Waals surface area contributed by atoms with Gasteiger partial charge in [0.15, 0.2) is 0 Å². The number of hydrogen-bond acceptors (Lipinski definition) is 4. The number of amides is 1. The summed E-state index contributed by atoms with van der Waals surface area (Å²) in [6, 6.07) is 5.10. The molecule has 0 radical (unpaired) electrons. The number of sulfonamides is 1. The lowest BCUT2D eigenvalue weighted by Crippen LogP contribution is -2.47. The molecular formula is C16H20Br2N2O4S. The van der Waals surface area contributed by atoms with E-state index < -0.39 is 10.0 Å². The Bertz CT molecular complexity index is 743. The largest absolute Gasteiger partial charge is 0.378 e. The predicted molar refractivity (Wildman–Crippen MR) is 101 cm³/mol. The monoisotopic (exact) mass is 494 g/mol. The van der Waals surface area contributed by atoms with Gasteiger partial charge in [0.25, 0.3) is 0 Å². The van der Waals surface area contributed by atoms with Crippen molar-refractivity contribution in [1.29, 1.82) is 0 Å². The first kappa shape index (κ1) is 19.3. The third-order valence-corrected chi connectivity index (χ3v) is 8.02. The lowest BCUT2D eigenvalue weighted by molar-refractivity contribution is -0.140. The van der Waals surface area contributed by atoms with Gasteiger partial charge in [0, 0.05) is 41.0 Å². The van der Waals surface area contributed by atoms with Crippen LogP contribution in [0.5, 0.6) is 0 Å². The Hall–Kier alpha value is -0.480. The van der Waals surface area contributed by atoms with E-state index >= 15 is 0 Å². The standard InChI is InChI=1S/C16H20Br2N2O4S/c17-13-1-2-14(18)15(11-13)25(22,23)20-5-3-12(4-6-20)16(21)19-7-9-24-10-8-19/h1-2,11-12H,3-10H2. The Morgan fingerprint density at radius 1 is 1.08 bits per heavy atom. The van der Waals surface area contributed by atoms with Crippen LogP contribution in [0.15, 0.2) is 32.0 Å². The molecule has 0 unspecified atom stereocenters. The Morgan fingerprint density at radius 3 is 2.36 bits per heavy atom. The molecule has 138 valence electrons. The molecular weight excluding hydrogens is 476 g/mol. The van der Waals surface area contributed by atoms with E-state index in [9.17, 15) is 13.2 Å². The second-order valence-electron chi connectivity index (χ2n) is 6.19. The summed E-state index contributed by atoms with van der Waals surface area (Å²) in [5, 5.41) is 0. The van der Waals surface area contributed by atoms with Crippen LogP contribution in [0.3, 0.4) is 0 Å². The average Bonchev–Trinajstić information content (AvgIpc) is 2.64. The van der Waals surface area contributed by atoms with Gasteiger partial charge in [-0.2, -0.15) is 4.31 Å². The fourth-order valence-corrected chi connectivity index (χ4v) is 6.13. The van der Waals surface area contributed by atoms with Gasteiger partial charge in [-0.3, -0.25) is 4.79 Å². The van der Waals surface area contributed by atoms with Gasteiger partial charge in [0.05, 0.1) is 18.1 Å². The number of carbonyl (C=O) groups excluding carboxylic acids is 1. The van der Waals surface area contributed by atoms with Crippen molar-refractivity contribution in [2.75, 3.05) is 39.4 Å². The number of nitrogens with zero attached hydrogens (tertiary/aromatic N) is 2. The van der Waals surface area contributed by atoms with Gasteiger partial charge in [-0.25, -0.2) is 8.42 Å². The van der Waals surface area contributed by atoms with E-state index in [0.29, 0.717) is 61.2 Å². The Morgan fingerprint density at radius 2 is 1.72 bits per heavy atom. The topological polar surface area (TPSA) is 66.9 Å². The molecule has 0 aliphatic carbocycles. The third-order valence-electron chi connectivity index (χ3n) is 4.64. The molecule has 0 atom stereocenters. The maximum Gasteiger partial charge on any atom is 0.244 e. The molecule has 2 heterocycles. The van der Waals surface area contributed by atoms with Gasteiger partial charge in [-0.1, -0.05) is 15.9 Å². The minimum atomic E-state index is -3.58. The molecule has 0 aromatic heterocycles. The SMILES string of the molecule is O=C(C1CCN(S(=O)(=O)c2cc(Br)ccc2Br)CC1)N1CCOCC1. The van der Waals surface area contributed by atoms with Crippen LogP contribution in [0.1, 0.15) is 12.8 Å². The Balaban J connectivity index is 1.67. The zero-order valence-electron chi connectivity index (χ0n) is 13.7. The molecule has 2 saturated heterocycles. The number of benzene rings is 1. The van der Waals surface area contributed by atoms with Gasteiger partial charge in [0.2, 0.25) is 15.9 Å². The summed E-state index contributed by atoms with van der Waals surface area (Å²) in [7, 11) is -3.58. The normalized spacial score (nSPS) is 20.6. The number of hydrogen-bond donors (Lipinski definition) is 0. The summed E-state index contributed by atoms with van der Waals surface area (Å²) in [5.74, 6) is 0.0273. The summed E-state index contributed by atoms with van der Waals surface area (Å²) in [5.41, 5.74) is 0. The van der Waals surface area contributed by atoms with Crippen LogP contribution in [0.25, 0.3) is 0 Å². The van der Waals surface area contributed by atoms with E-state index in [0.717, 1.165) is 0 Å². The molecule has 25 heavy (non-hydrogen) atoms. The average molecular weight is 496 g/mol. The summed E-state index contributed by atoms with van der Waals surface area (Å²) in [6.45, 7) is 3.14. The summed E-state index contributed by atoms with van der Waals surface area (Å²) in [6.07, 6.45) is 1.11. The van der Waals surface area contributed by atoms with Crippen LogP contribution >= 0.6 is 31.9 Å². The van der Waals surface area contributed by atoms with E-state index in [1.54, 1.807) is 18.2 Å². The first-order chi connectivity index (χ1) is 11.9. The fourth-order valence-electron chi connectivity index (χ4n) is 3.20. The molecule has 0 N–H and O–H groups in total. The summed E-state index contributed by atoms with van der Waals surface area (Å²) in [4.78, 5) is 14.7. The van der Waals surface area contributed by atoms with Crippen LogP contribution < -0.4 is 0 Å². The van der Waals surface area contributed by atoms with Gasteiger partial charge in [-0.15, -0.1) is 0 Å². The third kappa shape index (κ3) is 4.27. The predicted octanol–water partition coefficient (Wildman–Crippen LogP) is 2.47. The van der Waals surface area contributed by atoms with E-state index in [4.69, 9.17) is 4.74 Å². The van der Waals surface area contributed by atoms with Crippen molar-refractivity contribution in [3.63, 3.8) is 0 Å². The summed E-state index contributed by atoms with van der Waals surface area (Å²) < 4.78 is 33.8. The molecule has 3 rings (SSSR count). The highest BCUT2D eigenvalue weighted by Crippen LogP contribution is 2.31. The van der Waals surface area contributed by atoms with Gasteiger partial charge in [-0.05, 0) is 47.0 Å². The molecule has 1 aromatic carbocycles. The Kier molecular flexibility index (Phi) is 6.20. The van der Waals surface area contributed by atoms with Crippen molar-refractivity contribution in [3.05, 3.63) is 27.1 Å². The number of halogens is 2. The first-order valence-corrected chi connectivity index (χ1v) is 11.2. The van der Waals surface area contributed by atoms with Crippen molar-refractivity contribution in [3.8, 4) is 0 Å². The Labute approximate surface area is 164 Å². The van der Waals surface area contributed by atoms with Crippen molar-refractivity contribution >= 4 is 47.8 Å². The van der Waals surface area contributed by atoms with E-state index in [1.807, 2.05) is 4.90 Å². The van der Waals surface area contributed by atoms with Gasteiger partial charge in [0.1, 0.15) is 0 Å². The van der Waals surface area contributed by atoms with Crippen molar-refractivity contribution in [1.82, 2.24) is 9.21 Å². The van der Waals surface area contributed by atoms with E-state index in [2.05, 4.69) is 31.9 Å².